The zero-order valence-corrected chi connectivity index (χ0v) is 23.5. The molecule has 0 amide bonds. The van der Waals surface area contributed by atoms with Crippen LogP contribution < -0.4 is 20.7 Å². The standard InChI is InChI=1S/C35H32SSi/c1-25(2)26(3)27-14-12-19-30(24-27)37(28-15-6-4-7-16-28,29-17-8-5-9-18-29)34-23-13-21-32-31-20-10-11-22-33(31)36-35(32)34/h4-26H,1-3H3. The molecular weight excluding hydrogens is 481 g/mol. The molecule has 0 nitrogen and oxygen atoms in total. The van der Waals surface area contributed by atoms with Crippen molar-refractivity contribution in [3.63, 3.8) is 0 Å². The molecule has 6 rings (SSSR count). The maximum absolute atomic E-state index is 2.63. The van der Waals surface area contributed by atoms with Gasteiger partial charge in [0, 0.05) is 20.2 Å². The number of thiophene rings is 1. The van der Waals surface area contributed by atoms with Gasteiger partial charge in [-0.05, 0) is 44.2 Å². The maximum atomic E-state index is 2.53. The van der Waals surface area contributed by atoms with Gasteiger partial charge in [-0.2, -0.15) is 0 Å². The Morgan fingerprint density at radius 3 is 1.78 bits per heavy atom. The second kappa shape index (κ2) is 9.78. The van der Waals surface area contributed by atoms with E-state index < -0.39 is 8.07 Å². The molecule has 0 bridgehead atoms. The Balaban J connectivity index is 1.78. The second-order valence-electron chi connectivity index (χ2n) is 10.4. The first-order valence-corrected chi connectivity index (χ1v) is 16.0. The van der Waals surface area contributed by atoms with Crippen LogP contribution in [0.5, 0.6) is 0 Å². The van der Waals surface area contributed by atoms with Crippen LogP contribution in [0.4, 0.5) is 0 Å². The average molecular weight is 513 g/mol. The smallest absolute Gasteiger partial charge is 0.135 e. The molecule has 6 aromatic rings. The number of fused-ring (bicyclic) bond motifs is 3. The number of benzene rings is 5. The molecule has 0 aliphatic carbocycles. The van der Waals surface area contributed by atoms with E-state index in [4.69, 9.17) is 0 Å². The van der Waals surface area contributed by atoms with Gasteiger partial charge in [-0.25, -0.2) is 0 Å². The Labute approximate surface area is 225 Å². The Bertz CT molecular complexity index is 1620. The first-order chi connectivity index (χ1) is 18.1. The van der Waals surface area contributed by atoms with E-state index >= 15 is 0 Å². The van der Waals surface area contributed by atoms with Crippen LogP contribution >= 0.6 is 11.3 Å². The summed E-state index contributed by atoms with van der Waals surface area (Å²) in [5.41, 5.74) is 1.43. The van der Waals surface area contributed by atoms with Gasteiger partial charge in [-0.3, -0.25) is 0 Å². The zero-order chi connectivity index (χ0) is 25.4. The normalized spacial score (nSPS) is 12.9. The highest BCUT2D eigenvalue weighted by Crippen LogP contribution is 2.34. The van der Waals surface area contributed by atoms with Gasteiger partial charge in [0.05, 0.1) is 0 Å². The van der Waals surface area contributed by atoms with Crippen LogP contribution in [0.25, 0.3) is 20.2 Å². The monoisotopic (exact) mass is 512 g/mol. The Morgan fingerprint density at radius 1 is 0.541 bits per heavy atom. The van der Waals surface area contributed by atoms with Crippen LogP contribution in [0.15, 0.2) is 127 Å². The molecule has 0 aliphatic heterocycles. The van der Waals surface area contributed by atoms with E-state index in [1.165, 1.54) is 46.5 Å². The van der Waals surface area contributed by atoms with Crippen LogP contribution in [0.2, 0.25) is 0 Å². The van der Waals surface area contributed by atoms with E-state index in [0.717, 1.165) is 0 Å². The molecule has 182 valence electrons. The van der Waals surface area contributed by atoms with Crippen LogP contribution in [0.1, 0.15) is 32.3 Å². The van der Waals surface area contributed by atoms with Crippen molar-refractivity contribution in [1.29, 1.82) is 0 Å². The summed E-state index contributed by atoms with van der Waals surface area (Å²) < 4.78 is 2.78. The Hall–Kier alpha value is -3.46. The van der Waals surface area contributed by atoms with Gasteiger partial charge in [0.2, 0.25) is 0 Å². The van der Waals surface area contributed by atoms with Crippen molar-refractivity contribution in [2.45, 2.75) is 26.7 Å². The number of rotatable bonds is 6. The van der Waals surface area contributed by atoms with Gasteiger partial charge in [-0.15, -0.1) is 11.3 Å². The molecule has 0 saturated heterocycles. The molecule has 0 N–H and O–H groups in total. The van der Waals surface area contributed by atoms with Gasteiger partial charge < -0.3 is 0 Å². The predicted octanol–water partition coefficient (Wildman–Crippen LogP) is 7.19. The largest absolute Gasteiger partial charge is 0.181 e. The lowest BCUT2D eigenvalue weighted by atomic mass is 9.90. The van der Waals surface area contributed by atoms with Crippen LogP contribution in [0, 0.1) is 5.92 Å². The third kappa shape index (κ3) is 3.96. The topological polar surface area (TPSA) is 0 Å². The van der Waals surface area contributed by atoms with Crippen molar-refractivity contribution in [3.8, 4) is 0 Å². The van der Waals surface area contributed by atoms with Crippen molar-refractivity contribution in [2.24, 2.45) is 5.92 Å². The zero-order valence-electron chi connectivity index (χ0n) is 21.7. The lowest BCUT2D eigenvalue weighted by Crippen LogP contribution is -2.74. The predicted molar refractivity (Wildman–Crippen MR) is 166 cm³/mol. The first-order valence-electron chi connectivity index (χ1n) is 13.2. The molecule has 37 heavy (non-hydrogen) atoms. The minimum absolute atomic E-state index is 0.498. The third-order valence-electron chi connectivity index (χ3n) is 8.07. The summed E-state index contributed by atoms with van der Waals surface area (Å²) >= 11 is 1.95. The molecule has 0 spiro atoms. The molecule has 1 atom stereocenters. The van der Waals surface area contributed by atoms with E-state index in [-0.39, 0.29) is 0 Å². The second-order valence-corrected chi connectivity index (χ2v) is 15.2. The fraction of sp³-hybridized carbons (Fsp3) is 0.143. The minimum Gasteiger partial charge on any atom is -0.135 e. The van der Waals surface area contributed by atoms with E-state index in [0.29, 0.717) is 11.8 Å². The molecular formula is C35H32SSi. The van der Waals surface area contributed by atoms with Crippen molar-refractivity contribution >= 4 is 60.3 Å². The van der Waals surface area contributed by atoms with E-state index in [2.05, 4.69) is 148 Å². The SMILES string of the molecule is CC(C)C(C)c1cccc([Si](c2ccccc2)(c2ccccc2)c2cccc3c2sc2ccccc23)c1. The average Bonchev–Trinajstić information content (AvgIpc) is 3.34. The molecule has 0 saturated carbocycles. The van der Waals surface area contributed by atoms with E-state index in [1.54, 1.807) is 0 Å². The Morgan fingerprint density at radius 2 is 1.11 bits per heavy atom. The summed E-state index contributed by atoms with van der Waals surface area (Å²) in [4.78, 5) is 0. The molecule has 1 aromatic heterocycles. The lowest BCUT2D eigenvalue weighted by Gasteiger charge is -2.35. The van der Waals surface area contributed by atoms with Crippen LogP contribution in [-0.2, 0) is 0 Å². The summed E-state index contributed by atoms with van der Waals surface area (Å²) in [6.07, 6.45) is 0. The van der Waals surface area contributed by atoms with Crippen LogP contribution in [-0.4, -0.2) is 8.07 Å². The number of hydrogen-bond acceptors (Lipinski definition) is 1. The van der Waals surface area contributed by atoms with Crippen molar-refractivity contribution in [3.05, 3.63) is 133 Å². The summed E-state index contributed by atoms with van der Waals surface area (Å²) in [5, 5.41) is 8.53. The highest BCUT2D eigenvalue weighted by atomic mass is 32.1. The summed E-state index contributed by atoms with van der Waals surface area (Å²) in [7, 11) is -2.63. The fourth-order valence-electron chi connectivity index (χ4n) is 5.83. The summed E-state index contributed by atoms with van der Waals surface area (Å²) in [6.45, 7) is 7.02. The first kappa shape index (κ1) is 23.9. The molecule has 5 aromatic carbocycles. The number of hydrogen-bond donors (Lipinski definition) is 0. The van der Waals surface area contributed by atoms with Crippen molar-refractivity contribution in [1.82, 2.24) is 0 Å². The van der Waals surface area contributed by atoms with Crippen molar-refractivity contribution in [2.75, 3.05) is 0 Å². The molecule has 0 fully saturated rings. The van der Waals surface area contributed by atoms with Crippen LogP contribution in [0.3, 0.4) is 0 Å². The highest BCUT2D eigenvalue weighted by Gasteiger charge is 2.43. The van der Waals surface area contributed by atoms with Gasteiger partial charge in [-0.1, -0.05) is 142 Å². The van der Waals surface area contributed by atoms with Gasteiger partial charge in [0.25, 0.3) is 0 Å². The molecule has 1 unspecified atom stereocenters. The molecule has 2 heteroatoms. The maximum Gasteiger partial charge on any atom is 0.181 e. The fourth-order valence-corrected chi connectivity index (χ4v) is 12.4. The van der Waals surface area contributed by atoms with E-state index in [1.807, 2.05) is 11.3 Å². The highest BCUT2D eigenvalue weighted by molar-refractivity contribution is 7.30. The van der Waals surface area contributed by atoms with Gasteiger partial charge >= 0.3 is 0 Å². The molecule has 0 radical (unpaired) electrons. The van der Waals surface area contributed by atoms with Crippen molar-refractivity contribution < 1.29 is 0 Å². The van der Waals surface area contributed by atoms with E-state index in [9.17, 15) is 0 Å². The van der Waals surface area contributed by atoms with Gasteiger partial charge in [0.1, 0.15) is 0 Å². The Kier molecular flexibility index (Phi) is 6.32. The molecule has 1 heterocycles. The minimum atomic E-state index is -2.63. The summed E-state index contributed by atoms with van der Waals surface area (Å²) in [6, 6.07) is 48.0. The van der Waals surface area contributed by atoms with Gasteiger partial charge in [0.15, 0.2) is 8.07 Å². The lowest BCUT2D eigenvalue weighted by molar-refractivity contribution is 0.535. The molecule has 0 aliphatic rings. The quantitative estimate of drug-likeness (QED) is 0.164. The third-order valence-corrected chi connectivity index (χ3v) is 14.3. The summed E-state index contributed by atoms with van der Waals surface area (Å²) in [5.74, 6) is 1.09.